The van der Waals surface area contributed by atoms with Crippen LogP contribution in [0.25, 0.3) is 0 Å². The van der Waals surface area contributed by atoms with Crippen LogP contribution in [0.5, 0.6) is 0 Å². The van der Waals surface area contributed by atoms with Gasteiger partial charge in [-0.3, -0.25) is 9.59 Å². The molecule has 2 rings (SSSR count). The molecule has 6 heteroatoms. The van der Waals surface area contributed by atoms with E-state index in [1.165, 1.54) is 7.11 Å². The SMILES string of the molecule is COC(=O)C1CN(C(=O)c2cc(C)on2)CC1C. The van der Waals surface area contributed by atoms with E-state index in [0.717, 1.165) is 0 Å². The van der Waals surface area contributed by atoms with Crippen molar-refractivity contribution in [2.24, 2.45) is 11.8 Å². The van der Waals surface area contributed by atoms with Gasteiger partial charge in [0.15, 0.2) is 5.69 Å². The van der Waals surface area contributed by atoms with E-state index < -0.39 is 0 Å². The molecule has 1 saturated heterocycles. The van der Waals surface area contributed by atoms with Gasteiger partial charge in [-0.1, -0.05) is 12.1 Å². The average molecular weight is 252 g/mol. The number of aromatic nitrogens is 1. The van der Waals surface area contributed by atoms with E-state index in [4.69, 9.17) is 9.26 Å². The number of amides is 1. The van der Waals surface area contributed by atoms with Gasteiger partial charge in [0.05, 0.1) is 13.0 Å². The predicted molar refractivity (Wildman–Crippen MR) is 61.8 cm³/mol. The molecule has 1 aliphatic rings. The molecule has 0 radical (unpaired) electrons. The highest BCUT2D eigenvalue weighted by Gasteiger charge is 2.38. The lowest BCUT2D eigenvalue weighted by Gasteiger charge is -2.13. The zero-order chi connectivity index (χ0) is 13.3. The Morgan fingerprint density at radius 1 is 1.50 bits per heavy atom. The van der Waals surface area contributed by atoms with Crippen LogP contribution in [-0.4, -0.2) is 42.1 Å². The van der Waals surface area contributed by atoms with Gasteiger partial charge in [-0.2, -0.15) is 0 Å². The lowest BCUT2D eigenvalue weighted by atomic mass is 9.99. The van der Waals surface area contributed by atoms with Crippen LogP contribution in [0.1, 0.15) is 23.2 Å². The summed E-state index contributed by atoms with van der Waals surface area (Å²) in [5.41, 5.74) is 0.283. The smallest absolute Gasteiger partial charge is 0.310 e. The van der Waals surface area contributed by atoms with Crippen molar-refractivity contribution in [3.8, 4) is 0 Å². The number of rotatable bonds is 2. The van der Waals surface area contributed by atoms with E-state index >= 15 is 0 Å². The molecule has 0 spiro atoms. The summed E-state index contributed by atoms with van der Waals surface area (Å²) in [6, 6.07) is 1.60. The quantitative estimate of drug-likeness (QED) is 0.730. The Hall–Kier alpha value is -1.85. The van der Waals surface area contributed by atoms with Gasteiger partial charge in [0, 0.05) is 19.2 Å². The maximum Gasteiger partial charge on any atom is 0.310 e. The van der Waals surface area contributed by atoms with Crippen molar-refractivity contribution in [2.75, 3.05) is 20.2 Å². The van der Waals surface area contributed by atoms with Crippen LogP contribution >= 0.6 is 0 Å². The van der Waals surface area contributed by atoms with Crippen LogP contribution in [0.2, 0.25) is 0 Å². The molecule has 1 aliphatic heterocycles. The molecule has 6 nitrogen and oxygen atoms in total. The van der Waals surface area contributed by atoms with Crippen LogP contribution in [-0.2, 0) is 9.53 Å². The van der Waals surface area contributed by atoms with E-state index in [9.17, 15) is 9.59 Å². The second kappa shape index (κ2) is 4.80. The molecule has 1 amide bonds. The summed E-state index contributed by atoms with van der Waals surface area (Å²) >= 11 is 0. The predicted octanol–water partition coefficient (Wildman–Crippen LogP) is 0.864. The van der Waals surface area contributed by atoms with Crippen molar-refractivity contribution in [1.29, 1.82) is 0 Å². The zero-order valence-corrected chi connectivity index (χ0v) is 10.7. The van der Waals surface area contributed by atoms with Crippen molar-refractivity contribution in [3.63, 3.8) is 0 Å². The van der Waals surface area contributed by atoms with E-state index in [1.54, 1.807) is 17.9 Å². The molecule has 2 heterocycles. The van der Waals surface area contributed by atoms with E-state index in [1.807, 2.05) is 6.92 Å². The molecule has 2 atom stereocenters. The van der Waals surface area contributed by atoms with Crippen molar-refractivity contribution < 1.29 is 18.8 Å². The normalized spacial score (nSPS) is 23.2. The third kappa shape index (κ3) is 2.23. The molecule has 0 saturated carbocycles. The summed E-state index contributed by atoms with van der Waals surface area (Å²) in [5, 5.41) is 3.69. The largest absolute Gasteiger partial charge is 0.469 e. The highest BCUT2D eigenvalue weighted by Crippen LogP contribution is 2.25. The number of carbonyl (C=O) groups excluding carboxylic acids is 2. The first-order valence-electron chi connectivity index (χ1n) is 5.83. The summed E-state index contributed by atoms with van der Waals surface area (Å²) in [5.74, 6) is -0.0457. The second-order valence-corrected chi connectivity index (χ2v) is 4.64. The molecule has 0 bridgehead atoms. The van der Waals surface area contributed by atoms with Crippen molar-refractivity contribution in [1.82, 2.24) is 10.1 Å². The summed E-state index contributed by atoms with van der Waals surface area (Å²) < 4.78 is 9.61. The van der Waals surface area contributed by atoms with Crippen LogP contribution < -0.4 is 0 Å². The number of likely N-dealkylation sites (tertiary alicyclic amines) is 1. The molecular weight excluding hydrogens is 236 g/mol. The van der Waals surface area contributed by atoms with E-state index in [0.29, 0.717) is 18.8 Å². The first kappa shape index (κ1) is 12.6. The fourth-order valence-electron chi connectivity index (χ4n) is 2.22. The molecule has 1 aromatic rings. The topological polar surface area (TPSA) is 72.6 Å². The minimum absolute atomic E-state index is 0.0920. The van der Waals surface area contributed by atoms with Gasteiger partial charge in [0.2, 0.25) is 0 Å². The third-order valence-electron chi connectivity index (χ3n) is 3.25. The number of ether oxygens (including phenoxy) is 1. The molecule has 0 N–H and O–H groups in total. The van der Waals surface area contributed by atoms with Crippen LogP contribution in [0.4, 0.5) is 0 Å². The third-order valence-corrected chi connectivity index (χ3v) is 3.25. The number of methoxy groups -OCH3 is 1. The molecule has 2 unspecified atom stereocenters. The lowest BCUT2D eigenvalue weighted by molar-refractivity contribution is -0.146. The number of nitrogens with zero attached hydrogens (tertiary/aromatic N) is 2. The fraction of sp³-hybridized carbons (Fsp3) is 0.583. The standard InChI is InChI=1S/C12H16N2O4/c1-7-5-14(6-9(7)12(16)17-3)11(15)10-4-8(2)18-13-10/h4,7,9H,5-6H2,1-3H3. The molecule has 18 heavy (non-hydrogen) atoms. The van der Waals surface area contributed by atoms with Crippen molar-refractivity contribution in [2.45, 2.75) is 13.8 Å². The van der Waals surface area contributed by atoms with Gasteiger partial charge in [-0.05, 0) is 12.8 Å². The highest BCUT2D eigenvalue weighted by atomic mass is 16.5. The fourth-order valence-corrected chi connectivity index (χ4v) is 2.22. The Kier molecular flexibility index (Phi) is 3.36. The van der Waals surface area contributed by atoms with Crippen molar-refractivity contribution >= 4 is 11.9 Å². The molecule has 98 valence electrons. The molecular formula is C12H16N2O4. The Balaban J connectivity index is 2.08. The Morgan fingerprint density at radius 2 is 2.22 bits per heavy atom. The summed E-state index contributed by atoms with van der Waals surface area (Å²) in [6.45, 7) is 4.57. The minimum Gasteiger partial charge on any atom is -0.469 e. The Morgan fingerprint density at radius 3 is 2.78 bits per heavy atom. The van der Waals surface area contributed by atoms with Gasteiger partial charge < -0.3 is 14.2 Å². The highest BCUT2D eigenvalue weighted by molar-refractivity contribution is 5.93. The van der Waals surface area contributed by atoms with Gasteiger partial charge in [0.25, 0.3) is 5.91 Å². The van der Waals surface area contributed by atoms with Gasteiger partial charge in [-0.25, -0.2) is 0 Å². The monoisotopic (exact) mass is 252 g/mol. The van der Waals surface area contributed by atoms with Crippen molar-refractivity contribution in [3.05, 3.63) is 17.5 Å². The van der Waals surface area contributed by atoms with Gasteiger partial charge in [-0.15, -0.1) is 0 Å². The van der Waals surface area contributed by atoms with Gasteiger partial charge in [0.1, 0.15) is 5.76 Å². The van der Waals surface area contributed by atoms with Crippen LogP contribution in [0, 0.1) is 18.8 Å². The second-order valence-electron chi connectivity index (χ2n) is 4.64. The number of aryl methyl sites for hydroxylation is 1. The Bertz CT molecular complexity index is 468. The number of hydrogen-bond donors (Lipinski definition) is 0. The van der Waals surface area contributed by atoms with Crippen LogP contribution in [0.15, 0.2) is 10.6 Å². The minimum atomic E-state index is -0.269. The molecule has 1 fully saturated rings. The maximum absolute atomic E-state index is 12.1. The number of esters is 1. The molecule has 1 aromatic heterocycles. The van der Waals surface area contributed by atoms with Crippen LogP contribution in [0.3, 0.4) is 0 Å². The first-order chi connectivity index (χ1) is 8.52. The zero-order valence-electron chi connectivity index (χ0n) is 10.7. The van der Waals surface area contributed by atoms with E-state index in [-0.39, 0.29) is 29.4 Å². The molecule has 0 aromatic carbocycles. The lowest BCUT2D eigenvalue weighted by Crippen LogP contribution is -2.30. The van der Waals surface area contributed by atoms with Gasteiger partial charge >= 0.3 is 5.97 Å². The number of carbonyl (C=O) groups is 2. The number of hydrogen-bond acceptors (Lipinski definition) is 5. The summed E-state index contributed by atoms with van der Waals surface area (Å²) in [7, 11) is 1.36. The molecule has 0 aliphatic carbocycles. The first-order valence-corrected chi connectivity index (χ1v) is 5.83. The summed E-state index contributed by atoms with van der Waals surface area (Å²) in [4.78, 5) is 25.3. The van der Waals surface area contributed by atoms with E-state index in [2.05, 4.69) is 5.16 Å². The maximum atomic E-state index is 12.1. The Labute approximate surface area is 105 Å². The average Bonchev–Trinajstić information content (AvgIpc) is 2.94. The summed E-state index contributed by atoms with van der Waals surface area (Å²) in [6.07, 6.45) is 0.